The van der Waals surface area contributed by atoms with E-state index in [4.69, 9.17) is 34.8 Å². The average molecular weight is 591 g/mol. The number of unbranched alkanes of at least 4 members (excludes halogenated alkanes) is 1. The number of anilines is 1. The Bertz CT molecular complexity index is 1160. The molecule has 0 radical (unpaired) electrons. The van der Waals surface area contributed by atoms with Gasteiger partial charge < -0.3 is 10.2 Å². The van der Waals surface area contributed by atoms with Crippen LogP contribution in [0.15, 0.2) is 42.5 Å². The van der Waals surface area contributed by atoms with Gasteiger partial charge in [0, 0.05) is 46.7 Å². The van der Waals surface area contributed by atoms with Crippen molar-refractivity contribution in [3.63, 3.8) is 0 Å². The summed E-state index contributed by atoms with van der Waals surface area (Å²) in [5.74, 6) is -0.544. The molecule has 1 N–H and O–H groups in total. The first kappa shape index (κ1) is 31.2. The maximum atomic E-state index is 13.5. The Labute approximate surface area is 235 Å². The minimum atomic E-state index is -3.61. The normalized spacial score (nSPS) is 12.2. The van der Waals surface area contributed by atoms with Gasteiger partial charge in [-0.25, -0.2) is 8.42 Å². The lowest BCUT2D eigenvalue weighted by Crippen LogP contribution is -2.49. The van der Waals surface area contributed by atoms with Gasteiger partial charge in [-0.2, -0.15) is 0 Å². The Morgan fingerprint density at radius 2 is 1.65 bits per heavy atom. The van der Waals surface area contributed by atoms with Crippen molar-refractivity contribution in [1.82, 2.24) is 10.2 Å². The third-order valence-corrected chi connectivity index (χ3v) is 7.99. The third kappa shape index (κ3) is 9.36. The van der Waals surface area contributed by atoms with E-state index in [0.717, 1.165) is 19.1 Å². The van der Waals surface area contributed by atoms with Gasteiger partial charge in [0.1, 0.15) is 6.04 Å². The van der Waals surface area contributed by atoms with Crippen LogP contribution < -0.4 is 9.62 Å². The van der Waals surface area contributed by atoms with Crippen LogP contribution >= 0.6 is 34.8 Å². The smallest absolute Gasteiger partial charge is 0.242 e. The van der Waals surface area contributed by atoms with Crippen LogP contribution in [0.5, 0.6) is 0 Å². The second kappa shape index (κ2) is 14.8. The zero-order valence-electron chi connectivity index (χ0n) is 21.3. The quantitative estimate of drug-likeness (QED) is 0.277. The van der Waals surface area contributed by atoms with Gasteiger partial charge in [0.05, 0.1) is 11.9 Å². The van der Waals surface area contributed by atoms with E-state index in [1.165, 1.54) is 9.21 Å². The van der Waals surface area contributed by atoms with E-state index in [2.05, 4.69) is 5.32 Å². The fourth-order valence-corrected chi connectivity index (χ4v) is 5.57. The summed E-state index contributed by atoms with van der Waals surface area (Å²) in [6.07, 6.45) is 3.51. The lowest BCUT2D eigenvalue weighted by molar-refractivity contribution is -0.141. The Balaban J connectivity index is 2.25. The zero-order chi connectivity index (χ0) is 27.6. The molecule has 2 aromatic carbocycles. The van der Waals surface area contributed by atoms with E-state index in [9.17, 15) is 18.0 Å². The van der Waals surface area contributed by atoms with Crippen LogP contribution in [0, 0.1) is 0 Å². The van der Waals surface area contributed by atoms with Gasteiger partial charge in [-0.05, 0) is 49.6 Å². The molecule has 37 heavy (non-hydrogen) atoms. The average Bonchev–Trinajstić information content (AvgIpc) is 2.82. The fourth-order valence-electron chi connectivity index (χ4n) is 3.91. The molecule has 204 valence electrons. The molecule has 2 amide bonds. The predicted molar refractivity (Wildman–Crippen MR) is 152 cm³/mol. The molecule has 11 heteroatoms. The van der Waals surface area contributed by atoms with Crippen molar-refractivity contribution in [2.24, 2.45) is 0 Å². The predicted octanol–water partition coefficient (Wildman–Crippen LogP) is 5.92. The van der Waals surface area contributed by atoms with Gasteiger partial charge in [-0.3, -0.25) is 13.9 Å². The Kier molecular flexibility index (Phi) is 12.5. The van der Waals surface area contributed by atoms with Crippen LogP contribution in [0.1, 0.15) is 51.5 Å². The lowest BCUT2D eigenvalue weighted by Gasteiger charge is -2.31. The third-order valence-electron chi connectivity index (χ3n) is 5.85. The van der Waals surface area contributed by atoms with Gasteiger partial charge in [-0.1, -0.05) is 67.2 Å². The Hall–Kier alpha value is -2.00. The summed E-state index contributed by atoms with van der Waals surface area (Å²) < 4.78 is 26.1. The van der Waals surface area contributed by atoms with Crippen molar-refractivity contribution in [1.29, 1.82) is 0 Å². The van der Waals surface area contributed by atoms with Crippen molar-refractivity contribution >= 4 is 62.3 Å². The van der Waals surface area contributed by atoms with Crippen molar-refractivity contribution in [2.45, 2.75) is 58.5 Å². The zero-order valence-corrected chi connectivity index (χ0v) is 24.4. The molecule has 0 spiro atoms. The van der Waals surface area contributed by atoms with E-state index in [1.807, 2.05) is 13.8 Å². The van der Waals surface area contributed by atoms with Crippen molar-refractivity contribution in [3.8, 4) is 0 Å². The SMILES string of the molecule is CCCCNC(=O)[C@@H](CC)N(Cc1c(Cl)cccc1Cl)C(=O)CCCN(c1cccc(Cl)c1)S(C)(=O)=O. The summed E-state index contributed by atoms with van der Waals surface area (Å²) in [6, 6.07) is 10.9. The molecule has 0 aliphatic rings. The Morgan fingerprint density at radius 1 is 1.00 bits per heavy atom. The monoisotopic (exact) mass is 589 g/mol. The number of carbonyl (C=O) groups excluding carboxylic acids is 2. The fraction of sp³-hybridized carbons (Fsp3) is 0.462. The summed E-state index contributed by atoms with van der Waals surface area (Å²) in [5, 5.41) is 4.11. The van der Waals surface area contributed by atoms with Gasteiger partial charge >= 0.3 is 0 Å². The van der Waals surface area contributed by atoms with E-state index in [0.29, 0.717) is 39.3 Å². The first-order valence-corrected chi connectivity index (χ1v) is 15.2. The number of hydrogen-bond acceptors (Lipinski definition) is 4. The minimum absolute atomic E-state index is 0.0212. The molecule has 1 atom stereocenters. The number of halogens is 3. The molecule has 0 aliphatic carbocycles. The summed E-state index contributed by atoms with van der Waals surface area (Å²) in [6.45, 7) is 4.51. The van der Waals surface area contributed by atoms with E-state index in [-0.39, 0.29) is 37.7 Å². The molecule has 0 aromatic heterocycles. The van der Waals surface area contributed by atoms with Gasteiger partial charge in [-0.15, -0.1) is 0 Å². The molecule has 7 nitrogen and oxygen atoms in total. The largest absolute Gasteiger partial charge is 0.354 e. The van der Waals surface area contributed by atoms with Crippen molar-refractivity contribution in [3.05, 3.63) is 63.1 Å². The van der Waals surface area contributed by atoms with Crippen molar-refractivity contribution in [2.75, 3.05) is 23.7 Å². The number of benzene rings is 2. The lowest BCUT2D eigenvalue weighted by atomic mass is 10.1. The maximum Gasteiger partial charge on any atom is 0.242 e. The standard InChI is InChI=1S/C26H34Cl3N3O4S/c1-4-6-15-30-26(34)24(5-2)31(18-21-22(28)12-8-13-23(21)29)25(33)14-9-16-32(37(3,35)36)20-11-7-10-19(27)17-20/h7-8,10-13,17,24H,4-6,9,14-16,18H2,1-3H3,(H,30,34)/t24-/m1/s1. The van der Waals surface area contributed by atoms with E-state index in [1.54, 1.807) is 42.5 Å². The number of rotatable bonds is 14. The number of hydrogen-bond donors (Lipinski definition) is 1. The Morgan fingerprint density at radius 3 is 2.22 bits per heavy atom. The molecular formula is C26H34Cl3N3O4S. The molecule has 0 heterocycles. The molecular weight excluding hydrogens is 557 g/mol. The number of nitrogens with zero attached hydrogens (tertiary/aromatic N) is 2. The van der Waals surface area contributed by atoms with Crippen LogP contribution in [-0.4, -0.2) is 50.5 Å². The summed E-state index contributed by atoms with van der Waals surface area (Å²) >= 11 is 18.8. The van der Waals surface area contributed by atoms with Crippen molar-refractivity contribution < 1.29 is 18.0 Å². The van der Waals surface area contributed by atoms with Crippen LogP contribution in [0.25, 0.3) is 0 Å². The van der Waals surface area contributed by atoms with Crippen LogP contribution in [-0.2, 0) is 26.2 Å². The highest BCUT2D eigenvalue weighted by Crippen LogP contribution is 2.28. The highest BCUT2D eigenvalue weighted by molar-refractivity contribution is 7.92. The molecule has 0 saturated carbocycles. The molecule has 0 unspecified atom stereocenters. The molecule has 2 rings (SSSR count). The number of nitrogens with one attached hydrogen (secondary N) is 1. The number of amides is 2. The molecule has 0 saturated heterocycles. The topological polar surface area (TPSA) is 86.8 Å². The van der Waals surface area contributed by atoms with E-state index >= 15 is 0 Å². The van der Waals surface area contributed by atoms with Crippen LogP contribution in [0.3, 0.4) is 0 Å². The first-order chi connectivity index (χ1) is 17.5. The summed E-state index contributed by atoms with van der Waals surface area (Å²) in [7, 11) is -3.61. The number of sulfonamides is 1. The number of carbonyl (C=O) groups is 2. The molecule has 0 fully saturated rings. The molecule has 2 aromatic rings. The molecule has 0 aliphatic heterocycles. The van der Waals surface area contributed by atoms with Crippen LogP contribution in [0.2, 0.25) is 15.1 Å². The highest BCUT2D eigenvalue weighted by Gasteiger charge is 2.29. The van der Waals surface area contributed by atoms with Gasteiger partial charge in [0.15, 0.2) is 0 Å². The minimum Gasteiger partial charge on any atom is -0.354 e. The van der Waals surface area contributed by atoms with Gasteiger partial charge in [0.2, 0.25) is 21.8 Å². The van der Waals surface area contributed by atoms with Crippen LogP contribution in [0.4, 0.5) is 5.69 Å². The van der Waals surface area contributed by atoms with Gasteiger partial charge in [0.25, 0.3) is 0 Å². The maximum absolute atomic E-state index is 13.5. The summed E-state index contributed by atoms with van der Waals surface area (Å²) in [4.78, 5) is 28.0. The second-order valence-electron chi connectivity index (χ2n) is 8.71. The van der Waals surface area contributed by atoms with E-state index < -0.39 is 16.1 Å². The summed E-state index contributed by atoms with van der Waals surface area (Å²) in [5.41, 5.74) is 0.972. The molecule has 0 bridgehead atoms. The highest BCUT2D eigenvalue weighted by atomic mass is 35.5. The second-order valence-corrected chi connectivity index (χ2v) is 11.9. The first-order valence-electron chi connectivity index (χ1n) is 12.2.